The summed E-state index contributed by atoms with van der Waals surface area (Å²) in [5.74, 6) is 0. The number of benzene rings is 2. The summed E-state index contributed by atoms with van der Waals surface area (Å²) < 4.78 is 0. The van der Waals surface area contributed by atoms with E-state index >= 15 is 0 Å². The van der Waals surface area contributed by atoms with Crippen LogP contribution in [-0.2, 0) is 0 Å². The molecule has 118 valence electrons. The van der Waals surface area contributed by atoms with Crippen molar-refractivity contribution in [2.75, 3.05) is 0 Å². The number of halogens is 6. The molecular formula is C15H5Cl6NS. The highest BCUT2D eigenvalue weighted by Gasteiger charge is 2.16. The molecule has 0 aliphatic heterocycles. The Kier molecular flexibility index (Phi) is 5.34. The van der Waals surface area contributed by atoms with Crippen LogP contribution in [0.2, 0.25) is 30.1 Å². The fourth-order valence-electron chi connectivity index (χ4n) is 1.93. The zero-order valence-corrected chi connectivity index (χ0v) is 16.4. The van der Waals surface area contributed by atoms with Gasteiger partial charge in [0.25, 0.3) is 0 Å². The molecule has 0 atom stereocenters. The predicted molar refractivity (Wildman–Crippen MR) is 103 cm³/mol. The van der Waals surface area contributed by atoms with Crippen molar-refractivity contribution in [1.82, 2.24) is 4.98 Å². The lowest BCUT2D eigenvalue weighted by Crippen LogP contribution is -1.80. The standard InChI is InChI=1S/C15H5Cl6NS/c16-8-3-1-6(11(18)13(8)20)10-5-22-15(23-10)7-2-4-9(17)14(21)12(7)19/h1-5H. The van der Waals surface area contributed by atoms with Gasteiger partial charge in [-0.15, -0.1) is 11.3 Å². The van der Waals surface area contributed by atoms with E-state index in [1.165, 1.54) is 11.3 Å². The highest BCUT2D eigenvalue weighted by atomic mass is 35.5. The van der Waals surface area contributed by atoms with Crippen LogP contribution in [0.25, 0.3) is 21.0 Å². The molecule has 3 aromatic rings. The Morgan fingerprint density at radius 2 is 1.17 bits per heavy atom. The van der Waals surface area contributed by atoms with Gasteiger partial charge in [0.2, 0.25) is 0 Å². The summed E-state index contributed by atoms with van der Waals surface area (Å²) in [7, 11) is 0. The third kappa shape index (κ3) is 3.32. The Morgan fingerprint density at radius 3 is 1.78 bits per heavy atom. The SMILES string of the molecule is Clc1ccc(-c2cnc(-c3ccc(Cl)c(Cl)c3Cl)s2)c(Cl)c1Cl. The van der Waals surface area contributed by atoms with Crippen LogP contribution in [0.4, 0.5) is 0 Å². The van der Waals surface area contributed by atoms with Crippen molar-refractivity contribution in [2.45, 2.75) is 0 Å². The molecule has 2 aromatic carbocycles. The minimum absolute atomic E-state index is 0.301. The Bertz CT molecular complexity index is 833. The van der Waals surface area contributed by atoms with Gasteiger partial charge in [0.05, 0.1) is 35.0 Å². The normalized spacial score (nSPS) is 11.0. The largest absolute Gasteiger partial charge is 0.244 e. The molecule has 23 heavy (non-hydrogen) atoms. The molecule has 0 spiro atoms. The van der Waals surface area contributed by atoms with Crippen molar-refractivity contribution in [3.05, 3.63) is 60.6 Å². The molecule has 0 N–H and O–H groups in total. The van der Waals surface area contributed by atoms with Crippen molar-refractivity contribution in [1.29, 1.82) is 0 Å². The van der Waals surface area contributed by atoms with Crippen LogP contribution in [0.1, 0.15) is 0 Å². The van der Waals surface area contributed by atoms with Gasteiger partial charge in [0.15, 0.2) is 0 Å². The zero-order valence-electron chi connectivity index (χ0n) is 11.0. The number of aromatic nitrogens is 1. The van der Waals surface area contributed by atoms with Gasteiger partial charge in [-0.3, -0.25) is 0 Å². The highest BCUT2D eigenvalue weighted by molar-refractivity contribution is 7.18. The van der Waals surface area contributed by atoms with E-state index in [-0.39, 0.29) is 0 Å². The number of rotatable bonds is 2. The van der Waals surface area contributed by atoms with Gasteiger partial charge in [0.1, 0.15) is 5.01 Å². The maximum Gasteiger partial charge on any atom is 0.125 e. The van der Waals surface area contributed by atoms with E-state index in [1.807, 2.05) is 0 Å². The zero-order chi connectivity index (χ0) is 16.7. The van der Waals surface area contributed by atoms with Crippen LogP contribution in [0.5, 0.6) is 0 Å². The van der Waals surface area contributed by atoms with E-state index in [2.05, 4.69) is 4.98 Å². The monoisotopic (exact) mass is 441 g/mol. The first-order valence-electron chi connectivity index (χ1n) is 6.13. The third-order valence-electron chi connectivity index (χ3n) is 3.07. The Hall–Kier alpha value is -0.190. The van der Waals surface area contributed by atoms with E-state index in [9.17, 15) is 0 Å². The minimum Gasteiger partial charge on any atom is -0.244 e. The molecule has 3 rings (SSSR count). The molecule has 0 radical (unpaired) electrons. The van der Waals surface area contributed by atoms with Crippen LogP contribution < -0.4 is 0 Å². The second-order valence-electron chi connectivity index (χ2n) is 4.48. The molecule has 0 saturated carbocycles. The maximum absolute atomic E-state index is 6.26. The summed E-state index contributed by atoms with van der Waals surface area (Å²) in [6.45, 7) is 0. The summed E-state index contributed by atoms with van der Waals surface area (Å²) in [4.78, 5) is 5.22. The second-order valence-corrected chi connectivity index (χ2v) is 7.83. The van der Waals surface area contributed by atoms with Gasteiger partial charge < -0.3 is 0 Å². The fourth-order valence-corrected chi connectivity index (χ4v) is 4.28. The molecule has 1 aromatic heterocycles. The topological polar surface area (TPSA) is 12.9 Å². The molecule has 0 bridgehead atoms. The summed E-state index contributed by atoms with van der Waals surface area (Å²) in [5.41, 5.74) is 1.45. The summed E-state index contributed by atoms with van der Waals surface area (Å²) >= 11 is 38.0. The number of hydrogen-bond donors (Lipinski definition) is 0. The molecule has 1 nitrogen and oxygen atoms in total. The first-order valence-corrected chi connectivity index (χ1v) is 9.22. The van der Waals surface area contributed by atoms with Gasteiger partial charge >= 0.3 is 0 Å². The Balaban J connectivity index is 2.09. The average Bonchev–Trinajstić information content (AvgIpc) is 3.00. The molecule has 0 aliphatic carbocycles. The van der Waals surface area contributed by atoms with E-state index < -0.39 is 0 Å². The van der Waals surface area contributed by atoms with E-state index in [1.54, 1.807) is 30.5 Å². The van der Waals surface area contributed by atoms with Gasteiger partial charge in [-0.2, -0.15) is 0 Å². The third-order valence-corrected chi connectivity index (χ3v) is 6.72. The molecular weight excluding hydrogens is 439 g/mol. The van der Waals surface area contributed by atoms with Gasteiger partial charge in [0, 0.05) is 17.3 Å². The Morgan fingerprint density at radius 1 is 0.652 bits per heavy atom. The summed E-state index contributed by atoms with van der Waals surface area (Å²) in [6, 6.07) is 6.94. The van der Waals surface area contributed by atoms with Crippen LogP contribution >= 0.6 is 80.9 Å². The van der Waals surface area contributed by atoms with E-state index in [0.29, 0.717) is 40.7 Å². The summed E-state index contributed by atoms with van der Waals surface area (Å²) in [6.07, 6.45) is 1.70. The average molecular weight is 444 g/mol. The lowest BCUT2D eigenvalue weighted by molar-refractivity contribution is 1.41. The minimum atomic E-state index is 0.301. The number of hydrogen-bond acceptors (Lipinski definition) is 2. The number of thiazole rings is 1. The molecule has 0 fully saturated rings. The molecule has 1 heterocycles. The lowest BCUT2D eigenvalue weighted by atomic mass is 10.2. The van der Waals surface area contributed by atoms with Crippen molar-refractivity contribution < 1.29 is 0 Å². The molecule has 8 heteroatoms. The van der Waals surface area contributed by atoms with Gasteiger partial charge in [-0.05, 0) is 18.2 Å². The Labute approximate surface area is 166 Å². The van der Waals surface area contributed by atoms with Crippen LogP contribution in [0.3, 0.4) is 0 Å². The van der Waals surface area contributed by atoms with E-state index in [0.717, 1.165) is 10.4 Å². The molecule has 0 unspecified atom stereocenters. The lowest BCUT2D eigenvalue weighted by Gasteiger charge is -2.05. The van der Waals surface area contributed by atoms with Crippen molar-refractivity contribution in [3.63, 3.8) is 0 Å². The van der Waals surface area contributed by atoms with Crippen LogP contribution in [-0.4, -0.2) is 4.98 Å². The van der Waals surface area contributed by atoms with E-state index in [4.69, 9.17) is 69.6 Å². The highest BCUT2D eigenvalue weighted by Crippen LogP contribution is 2.44. The predicted octanol–water partition coefficient (Wildman–Crippen LogP) is 8.40. The quantitative estimate of drug-likeness (QED) is 0.362. The molecule has 0 saturated heterocycles. The van der Waals surface area contributed by atoms with Crippen molar-refractivity contribution in [2.24, 2.45) is 0 Å². The van der Waals surface area contributed by atoms with Crippen molar-refractivity contribution >= 4 is 80.9 Å². The molecule has 0 amide bonds. The van der Waals surface area contributed by atoms with Gasteiger partial charge in [-0.25, -0.2) is 4.98 Å². The van der Waals surface area contributed by atoms with Crippen LogP contribution in [0, 0.1) is 0 Å². The first kappa shape index (κ1) is 17.6. The maximum atomic E-state index is 6.26. The first-order chi connectivity index (χ1) is 10.9. The smallest absolute Gasteiger partial charge is 0.125 e. The number of nitrogens with zero attached hydrogens (tertiary/aromatic N) is 1. The second kappa shape index (κ2) is 6.97. The molecule has 0 aliphatic rings. The van der Waals surface area contributed by atoms with Crippen LogP contribution in [0.15, 0.2) is 30.5 Å². The fraction of sp³-hybridized carbons (Fsp3) is 0. The van der Waals surface area contributed by atoms with Crippen molar-refractivity contribution in [3.8, 4) is 21.0 Å². The van der Waals surface area contributed by atoms with Gasteiger partial charge in [-0.1, -0.05) is 75.7 Å². The summed E-state index contributed by atoms with van der Waals surface area (Å²) in [5, 5.41) is 2.85.